The number of amidine groups is 2. The largest absolute Gasteiger partial charge is 0.456 e. The molecule has 0 bridgehead atoms. The molecule has 0 saturated heterocycles. The predicted molar refractivity (Wildman–Crippen MR) is 222 cm³/mol. The van der Waals surface area contributed by atoms with Crippen LogP contribution in [0.3, 0.4) is 0 Å². The monoisotopic (exact) mass is 712 g/mol. The molecule has 0 amide bonds. The van der Waals surface area contributed by atoms with E-state index in [1.807, 2.05) is 109 Å². The third-order valence-corrected chi connectivity index (χ3v) is 9.71. The molecule has 0 spiro atoms. The van der Waals surface area contributed by atoms with Crippen molar-refractivity contribution in [2.24, 2.45) is 15.9 Å². The number of rotatable bonds is 8. The van der Waals surface area contributed by atoms with Gasteiger partial charge in [0.1, 0.15) is 23.5 Å². The van der Waals surface area contributed by atoms with Gasteiger partial charge in [0, 0.05) is 44.9 Å². The van der Waals surface area contributed by atoms with Gasteiger partial charge in [-0.05, 0) is 36.3 Å². The Bertz CT molecular complexity index is 2530. The lowest BCUT2D eigenvalue weighted by Crippen LogP contribution is -2.43. The van der Waals surface area contributed by atoms with Crippen LogP contribution in [0.15, 0.2) is 193 Å². The molecule has 264 valence electrons. The van der Waals surface area contributed by atoms with Crippen LogP contribution >= 0.6 is 0 Å². The number of fused-ring (bicyclic) bond motifs is 3. The zero-order valence-corrected chi connectivity index (χ0v) is 30.0. The Hall–Kier alpha value is -7.25. The summed E-state index contributed by atoms with van der Waals surface area (Å²) in [4.78, 5) is 25.0. The molecule has 2 unspecified atom stereocenters. The van der Waals surface area contributed by atoms with E-state index in [4.69, 9.17) is 29.7 Å². The maximum atomic E-state index is 6.75. The van der Waals surface area contributed by atoms with Gasteiger partial charge in [-0.1, -0.05) is 158 Å². The van der Waals surface area contributed by atoms with Gasteiger partial charge >= 0.3 is 0 Å². The highest BCUT2D eigenvalue weighted by molar-refractivity contribution is 6.13. The van der Waals surface area contributed by atoms with Gasteiger partial charge in [0.15, 0.2) is 23.3 Å². The van der Waals surface area contributed by atoms with Crippen LogP contribution in [0.1, 0.15) is 28.9 Å². The molecule has 6 aromatic rings. The quantitative estimate of drug-likeness (QED) is 0.159. The predicted octanol–water partition coefficient (Wildman–Crippen LogP) is 10.1. The standard InChI is InChI=1S/C48H36N6O/c1-2-17-36(47-51-43(32-18-7-3-8-19-32)49-44(52-47)33-20-9-4-10-21-33)31-42-39-27-16-15-26-38(39)40-30-37(28-29-41(40)55-42)48-53-45(34-22-11-5-12-23-34)50-46(54-48)35-24-13-6-14-25-35/h2-24,26-31,35,46H,1,25H2,(H,50,53,54)/b36-17+,42-31-. The minimum Gasteiger partial charge on any atom is -0.456 e. The van der Waals surface area contributed by atoms with Crippen LogP contribution in [-0.4, -0.2) is 32.8 Å². The third-order valence-electron chi connectivity index (χ3n) is 9.71. The minimum absolute atomic E-state index is 0.159. The second-order valence-electron chi connectivity index (χ2n) is 13.3. The van der Waals surface area contributed by atoms with E-state index in [1.165, 1.54) is 0 Å². The first kappa shape index (κ1) is 33.6. The van der Waals surface area contributed by atoms with Crippen LogP contribution in [0.4, 0.5) is 0 Å². The summed E-state index contributed by atoms with van der Waals surface area (Å²) in [6.07, 6.45) is 15.0. The summed E-state index contributed by atoms with van der Waals surface area (Å²) >= 11 is 0. The maximum absolute atomic E-state index is 6.75. The molecular weight excluding hydrogens is 677 g/mol. The van der Waals surface area contributed by atoms with Crippen LogP contribution in [-0.2, 0) is 0 Å². The summed E-state index contributed by atoms with van der Waals surface area (Å²) in [7, 11) is 0. The highest BCUT2D eigenvalue weighted by atomic mass is 16.5. The van der Waals surface area contributed by atoms with Crippen molar-refractivity contribution < 1.29 is 4.74 Å². The molecular formula is C48H36N6O. The topological polar surface area (TPSA) is 84.6 Å². The zero-order chi connectivity index (χ0) is 37.0. The van der Waals surface area contributed by atoms with Crippen LogP contribution in [0, 0.1) is 5.92 Å². The van der Waals surface area contributed by atoms with Gasteiger partial charge in [0.2, 0.25) is 0 Å². The molecule has 7 heteroatoms. The Labute approximate surface area is 320 Å². The first-order valence-electron chi connectivity index (χ1n) is 18.4. The lowest BCUT2D eigenvalue weighted by atomic mass is 9.92. The number of hydrogen-bond donors (Lipinski definition) is 1. The summed E-state index contributed by atoms with van der Waals surface area (Å²) < 4.78 is 6.75. The fourth-order valence-corrected chi connectivity index (χ4v) is 6.97. The maximum Gasteiger partial charge on any atom is 0.164 e. The molecule has 0 fully saturated rings. The van der Waals surface area contributed by atoms with Crippen molar-refractivity contribution in [3.8, 4) is 39.7 Å². The summed E-state index contributed by atoms with van der Waals surface area (Å²) in [5, 5.41) is 3.61. The minimum atomic E-state index is -0.159. The summed E-state index contributed by atoms with van der Waals surface area (Å²) in [6, 6.07) is 44.6. The molecule has 1 aromatic heterocycles. The molecule has 0 saturated carbocycles. The van der Waals surface area contributed by atoms with Gasteiger partial charge in [-0.2, -0.15) is 0 Å². The number of aliphatic imine (C=N–C) groups is 2. The first-order chi connectivity index (χ1) is 27.2. The van der Waals surface area contributed by atoms with Gasteiger partial charge in [0.05, 0.1) is 0 Å². The number of ether oxygens (including phenoxy) is 1. The lowest BCUT2D eigenvalue weighted by Gasteiger charge is -2.29. The van der Waals surface area contributed by atoms with Crippen LogP contribution in [0.25, 0.3) is 45.2 Å². The van der Waals surface area contributed by atoms with Crippen LogP contribution < -0.4 is 10.1 Å². The van der Waals surface area contributed by atoms with E-state index in [9.17, 15) is 0 Å². The normalized spacial score (nSPS) is 18.0. The number of nitrogens with one attached hydrogen (secondary N) is 1. The molecule has 5 aromatic carbocycles. The van der Waals surface area contributed by atoms with E-state index in [2.05, 4.69) is 72.6 Å². The van der Waals surface area contributed by atoms with Crippen molar-refractivity contribution in [1.82, 2.24) is 20.3 Å². The molecule has 0 radical (unpaired) electrons. The molecule has 55 heavy (non-hydrogen) atoms. The number of nitrogens with zero attached hydrogens (tertiary/aromatic N) is 5. The van der Waals surface area contributed by atoms with Gasteiger partial charge in [-0.3, -0.25) is 0 Å². The van der Waals surface area contributed by atoms with Gasteiger partial charge < -0.3 is 10.1 Å². The van der Waals surface area contributed by atoms with Gasteiger partial charge in [-0.15, -0.1) is 0 Å². The average Bonchev–Trinajstić information content (AvgIpc) is 3.27. The highest BCUT2D eigenvalue weighted by Gasteiger charge is 2.28. The number of hydrogen-bond acceptors (Lipinski definition) is 7. The van der Waals surface area contributed by atoms with Crippen molar-refractivity contribution in [3.63, 3.8) is 0 Å². The highest BCUT2D eigenvalue weighted by Crippen LogP contribution is 2.43. The van der Waals surface area contributed by atoms with Crippen LogP contribution in [0.5, 0.6) is 5.75 Å². The van der Waals surface area contributed by atoms with E-state index in [1.54, 1.807) is 6.08 Å². The number of aromatic nitrogens is 3. The van der Waals surface area contributed by atoms with E-state index in [0.717, 1.165) is 62.5 Å². The van der Waals surface area contributed by atoms with E-state index < -0.39 is 0 Å². The molecule has 1 N–H and O–H groups in total. The van der Waals surface area contributed by atoms with Crippen LogP contribution in [0.2, 0.25) is 0 Å². The van der Waals surface area contributed by atoms with E-state index in [0.29, 0.717) is 29.1 Å². The number of benzene rings is 5. The Morgan fingerprint density at radius 1 is 0.673 bits per heavy atom. The summed E-state index contributed by atoms with van der Waals surface area (Å²) in [5.74, 6) is 4.78. The Balaban J connectivity index is 1.11. The molecule has 7 nitrogen and oxygen atoms in total. The Morgan fingerprint density at radius 3 is 1.98 bits per heavy atom. The second-order valence-corrected chi connectivity index (χ2v) is 13.3. The van der Waals surface area contributed by atoms with Gasteiger partial charge in [-0.25, -0.2) is 24.9 Å². The molecule has 3 aliphatic rings. The molecule has 3 heterocycles. The fourth-order valence-electron chi connectivity index (χ4n) is 6.97. The van der Waals surface area contributed by atoms with E-state index >= 15 is 0 Å². The van der Waals surface area contributed by atoms with Gasteiger partial charge in [0.25, 0.3) is 0 Å². The number of allylic oxidation sites excluding steroid dienone is 7. The van der Waals surface area contributed by atoms with Crippen molar-refractivity contribution in [1.29, 1.82) is 0 Å². The Kier molecular flexibility index (Phi) is 9.16. The first-order valence-corrected chi connectivity index (χ1v) is 18.4. The van der Waals surface area contributed by atoms with E-state index in [-0.39, 0.29) is 12.1 Å². The fraction of sp³-hybridized carbons (Fsp3) is 0.0625. The van der Waals surface area contributed by atoms with Crippen molar-refractivity contribution >= 4 is 23.0 Å². The lowest BCUT2D eigenvalue weighted by molar-refractivity contribution is 0.475. The summed E-state index contributed by atoms with van der Waals surface area (Å²) in [6.45, 7) is 4.02. The summed E-state index contributed by atoms with van der Waals surface area (Å²) in [5.41, 5.74) is 7.42. The zero-order valence-electron chi connectivity index (χ0n) is 30.0. The third kappa shape index (κ3) is 6.99. The van der Waals surface area contributed by atoms with Crippen molar-refractivity contribution in [2.45, 2.75) is 12.6 Å². The van der Waals surface area contributed by atoms with Crippen molar-refractivity contribution in [2.75, 3.05) is 0 Å². The molecule has 2 atom stereocenters. The van der Waals surface area contributed by atoms with Crippen molar-refractivity contribution in [3.05, 3.63) is 205 Å². The molecule has 2 aliphatic heterocycles. The smallest absolute Gasteiger partial charge is 0.164 e. The average molecular weight is 713 g/mol. The second kappa shape index (κ2) is 15.0. The molecule has 9 rings (SSSR count). The Morgan fingerprint density at radius 2 is 1.33 bits per heavy atom. The molecule has 1 aliphatic carbocycles. The SMILES string of the molecule is C=C/C=C(\C=C1/Oc2ccc(C3=NC(C4C=CC=CC4)NC(c4ccccc4)=N3)cc2-c2ccccc21)c1nc(-c2ccccc2)nc(-c2ccccc2)n1.